The first kappa shape index (κ1) is 27.0. The molecule has 2 aromatic carbocycles. The lowest BCUT2D eigenvalue weighted by atomic mass is 10.1. The molecule has 0 radical (unpaired) electrons. The molecular weight excluding hydrogens is 487 g/mol. The number of hydrogen-bond acceptors (Lipinski definition) is 8. The molecule has 0 unspecified atom stereocenters. The van der Waals surface area contributed by atoms with Crippen molar-refractivity contribution < 1.29 is 28.2 Å². The molecule has 0 spiro atoms. The molecule has 2 N–H and O–H groups in total. The van der Waals surface area contributed by atoms with Crippen LogP contribution in [0, 0.1) is 5.82 Å². The summed E-state index contributed by atoms with van der Waals surface area (Å²) in [5.41, 5.74) is 6.01. The Labute approximate surface area is 213 Å². The number of likely N-dealkylation sites (N-methyl/N-ethyl adjacent to an activating group) is 1. The minimum atomic E-state index is -0.898. The number of carbonyl (C=O) groups excluding carboxylic acids is 2. The highest BCUT2D eigenvalue weighted by Crippen LogP contribution is 2.38. The normalized spacial score (nSPS) is 10.9. The van der Waals surface area contributed by atoms with Crippen LogP contribution in [-0.2, 0) is 4.79 Å². The number of rotatable bonds is 10. The molecule has 1 aromatic heterocycles. The number of nitrogens with two attached hydrogens (primary N) is 1. The van der Waals surface area contributed by atoms with E-state index in [0.29, 0.717) is 46.7 Å². The van der Waals surface area contributed by atoms with E-state index < -0.39 is 11.8 Å². The first-order valence-electron chi connectivity index (χ1n) is 11.3. The second kappa shape index (κ2) is 12.4. The lowest BCUT2D eigenvalue weighted by Crippen LogP contribution is -2.30. The molecule has 0 saturated heterocycles. The highest BCUT2D eigenvalue weighted by atomic mass is 32.2. The first-order chi connectivity index (χ1) is 17.3. The van der Waals surface area contributed by atoms with Gasteiger partial charge in [0.1, 0.15) is 12.4 Å². The summed E-state index contributed by atoms with van der Waals surface area (Å²) in [4.78, 5) is 29.7. The molecule has 11 heteroatoms. The highest BCUT2D eigenvalue weighted by molar-refractivity contribution is 8.15. The number of carbonyl (C=O) groups is 2. The summed E-state index contributed by atoms with van der Waals surface area (Å²) in [6.07, 6.45) is 1.55. The van der Waals surface area contributed by atoms with Gasteiger partial charge >= 0.3 is 6.03 Å². The minimum absolute atomic E-state index is 0.0815. The highest BCUT2D eigenvalue weighted by Gasteiger charge is 2.19. The van der Waals surface area contributed by atoms with Gasteiger partial charge in [-0.25, -0.2) is 13.5 Å². The van der Waals surface area contributed by atoms with Gasteiger partial charge in [0.15, 0.2) is 23.1 Å². The summed E-state index contributed by atoms with van der Waals surface area (Å²) in [6, 6.07) is 8.06. The lowest BCUT2D eigenvalue weighted by Gasteiger charge is -2.19. The summed E-state index contributed by atoms with van der Waals surface area (Å²) in [5.74, 6) is 0.573. The molecule has 1 heterocycles. The van der Waals surface area contributed by atoms with Gasteiger partial charge in [-0.05, 0) is 37.4 Å². The molecule has 0 aliphatic rings. The Balaban J connectivity index is 1.87. The Morgan fingerprint density at radius 2 is 1.81 bits per heavy atom. The number of benzene rings is 2. The van der Waals surface area contributed by atoms with E-state index >= 15 is 0 Å². The van der Waals surface area contributed by atoms with Crippen molar-refractivity contribution in [3.05, 3.63) is 48.4 Å². The Hall–Kier alpha value is -3.57. The van der Waals surface area contributed by atoms with Crippen LogP contribution in [0.2, 0.25) is 0 Å². The van der Waals surface area contributed by atoms with Crippen molar-refractivity contribution in [3.8, 4) is 23.0 Å². The summed E-state index contributed by atoms with van der Waals surface area (Å²) in [6.45, 7) is 8.61. The van der Waals surface area contributed by atoms with Crippen LogP contribution in [0.5, 0.6) is 23.0 Å². The van der Waals surface area contributed by atoms with E-state index in [-0.39, 0.29) is 16.6 Å². The van der Waals surface area contributed by atoms with Crippen LogP contribution in [0.25, 0.3) is 10.9 Å². The monoisotopic (exact) mass is 516 g/mol. The quantitative estimate of drug-likeness (QED) is 0.376. The zero-order chi connectivity index (χ0) is 26.2. The van der Waals surface area contributed by atoms with Crippen molar-refractivity contribution in [2.24, 2.45) is 5.73 Å². The van der Waals surface area contributed by atoms with Crippen LogP contribution < -0.4 is 24.2 Å². The van der Waals surface area contributed by atoms with Gasteiger partial charge in [0.2, 0.25) is 5.12 Å². The predicted octanol–water partition coefficient (Wildman–Crippen LogP) is 4.98. The third kappa shape index (κ3) is 6.55. The van der Waals surface area contributed by atoms with Gasteiger partial charge in [0, 0.05) is 49.1 Å². The minimum Gasteiger partial charge on any atom is -0.493 e. The number of ether oxygens (including phenoxy) is 3. The van der Waals surface area contributed by atoms with E-state index in [2.05, 4.69) is 23.7 Å². The molecule has 192 valence electrons. The number of fused-ring (bicyclic) bond motifs is 1. The van der Waals surface area contributed by atoms with Crippen LogP contribution in [0.4, 0.5) is 14.9 Å². The molecule has 9 nitrogen and oxygen atoms in total. The van der Waals surface area contributed by atoms with Crippen LogP contribution in [0.15, 0.2) is 42.6 Å². The molecular formula is C25H29FN4O5S. The van der Waals surface area contributed by atoms with Gasteiger partial charge in [-0.3, -0.25) is 9.78 Å². The Morgan fingerprint density at radius 1 is 1.06 bits per heavy atom. The average molecular weight is 517 g/mol. The van der Waals surface area contributed by atoms with Crippen molar-refractivity contribution >= 4 is 39.7 Å². The Morgan fingerprint density at radius 3 is 2.42 bits per heavy atom. The fraction of sp³-hybridized carbons (Fsp3) is 0.320. The maximum absolute atomic E-state index is 14.9. The Bertz CT molecular complexity index is 1240. The van der Waals surface area contributed by atoms with E-state index in [1.54, 1.807) is 24.4 Å². The molecule has 3 rings (SSSR count). The van der Waals surface area contributed by atoms with Crippen LogP contribution in [-0.4, -0.2) is 54.4 Å². The number of nitrogens with zero attached hydrogens (tertiary/aromatic N) is 3. The van der Waals surface area contributed by atoms with Crippen LogP contribution in [0.1, 0.15) is 20.8 Å². The van der Waals surface area contributed by atoms with Crippen molar-refractivity contribution in [2.75, 3.05) is 37.7 Å². The molecule has 36 heavy (non-hydrogen) atoms. The van der Waals surface area contributed by atoms with E-state index in [1.165, 1.54) is 26.2 Å². The fourth-order valence-corrected chi connectivity index (χ4v) is 4.05. The van der Waals surface area contributed by atoms with Gasteiger partial charge in [-0.1, -0.05) is 13.8 Å². The lowest BCUT2D eigenvalue weighted by molar-refractivity contribution is -0.109. The average Bonchev–Trinajstić information content (AvgIpc) is 2.85. The zero-order valence-corrected chi connectivity index (χ0v) is 21.4. The van der Waals surface area contributed by atoms with Crippen molar-refractivity contribution in [1.82, 2.24) is 9.88 Å². The number of pyridine rings is 1. The molecule has 0 fully saturated rings. The maximum Gasteiger partial charge on any atom is 0.329 e. The van der Waals surface area contributed by atoms with E-state index in [1.807, 2.05) is 0 Å². The molecule has 0 bridgehead atoms. The molecule has 0 atom stereocenters. The smallest absolute Gasteiger partial charge is 0.329 e. The third-order valence-electron chi connectivity index (χ3n) is 5.34. The number of hydrogen-bond donors (Lipinski definition) is 1. The van der Waals surface area contributed by atoms with Crippen molar-refractivity contribution in [1.29, 1.82) is 0 Å². The SMILES string of the molecule is CCN(CC)CCOc1cc2nccc(Oc3ccc(N(SC(C)=O)C(N)=O)cc3F)c2cc1OC. The molecule has 2 amide bonds. The molecule has 0 aliphatic carbocycles. The second-order valence-corrected chi connectivity index (χ2v) is 8.76. The molecule has 0 aliphatic heterocycles. The first-order valence-corrected chi connectivity index (χ1v) is 12.1. The third-order valence-corrected chi connectivity index (χ3v) is 6.17. The molecule has 0 saturated carbocycles. The number of anilines is 1. The topological polar surface area (TPSA) is 107 Å². The van der Waals surface area contributed by atoms with Gasteiger partial charge in [0.25, 0.3) is 0 Å². The van der Waals surface area contributed by atoms with E-state index in [9.17, 15) is 14.0 Å². The summed E-state index contributed by atoms with van der Waals surface area (Å²) < 4.78 is 33.1. The van der Waals surface area contributed by atoms with Crippen molar-refractivity contribution in [3.63, 3.8) is 0 Å². The number of primary amides is 1. The number of urea groups is 1. The molecule has 3 aromatic rings. The second-order valence-electron chi connectivity index (χ2n) is 7.64. The standard InChI is InChI=1S/C25H29FN4O5S/c1-5-29(6-2)11-12-34-24-15-20-18(14-23(24)33-4)21(9-10-28-20)35-22-8-7-17(13-19(22)26)30(25(27)32)36-16(3)31/h7-10,13-15H,5-6,11-12H2,1-4H3,(H2,27,32). The summed E-state index contributed by atoms with van der Waals surface area (Å²) in [5, 5.41) is 0.225. The number of aromatic nitrogens is 1. The van der Waals surface area contributed by atoms with Crippen LogP contribution in [0.3, 0.4) is 0 Å². The number of methoxy groups -OCH3 is 1. The fourth-order valence-electron chi connectivity index (χ4n) is 3.49. The maximum atomic E-state index is 14.9. The van der Waals surface area contributed by atoms with Gasteiger partial charge in [0.05, 0.1) is 18.3 Å². The van der Waals surface area contributed by atoms with E-state index in [0.717, 1.165) is 30.0 Å². The summed E-state index contributed by atoms with van der Waals surface area (Å²) in [7, 11) is 1.54. The van der Waals surface area contributed by atoms with Gasteiger partial charge in [-0.15, -0.1) is 0 Å². The largest absolute Gasteiger partial charge is 0.493 e. The van der Waals surface area contributed by atoms with Crippen LogP contribution >= 0.6 is 11.9 Å². The van der Waals surface area contributed by atoms with Crippen molar-refractivity contribution in [2.45, 2.75) is 20.8 Å². The van der Waals surface area contributed by atoms with Gasteiger partial charge in [-0.2, -0.15) is 0 Å². The van der Waals surface area contributed by atoms with Gasteiger partial charge < -0.3 is 24.8 Å². The summed E-state index contributed by atoms with van der Waals surface area (Å²) >= 11 is 0.572. The Kier molecular flexibility index (Phi) is 9.31. The number of halogens is 1. The predicted molar refractivity (Wildman–Crippen MR) is 138 cm³/mol. The van der Waals surface area contributed by atoms with E-state index in [4.69, 9.17) is 19.9 Å². The number of amides is 2. The zero-order valence-electron chi connectivity index (χ0n) is 20.6.